The number of carbonyl (C=O) groups excluding carboxylic acids is 1. The van der Waals surface area contributed by atoms with E-state index in [0.29, 0.717) is 29.1 Å². The molecular formula is C12H13ClN2O2. The molecule has 0 fully saturated rings. The highest BCUT2D eigenvalue weighted by molar-refractivity contribution is 6.31. The van der Waals surface area contributed by atoms with Crippen LogP contribution in [0, 0.1) is 0 Å². The van der Waals surface area contributed by atoms with E-state index in [1.807, 2.05) is 6.92 Å². The van der Waals surface area contributed by atoms with Crippen molar-refractivity contribution < 1.29 is 9.53 Å². The van der Waals surface area contributed by atoms with Crippen molar-refractivity contribution >= 4 is 23.1 Å². The number of hydrogen-bond acceptors (Lipinski definition) is 3. The van der Waals surface area contributed by atoms with Crippen LogP contribution in [-0.2, 0) is 11.2 Å². The summed E-state index contributed by atoms with van der Waals surface area (Å²) in [6.45, 7) is 4.08. The molecule has 0 N–H and O–H groups in total. The molecular weight excluding hydrogens is 240 g/mol. The predicted octanol–water partition coefficient (Wildman–Crippen LogP) is 2.73. The molecule has 0 aliphatic heterocycles. The van der Waals surface area contributed by atoms with Crippen molar-refractivity contribution in [2.75, 3.05) is 6.61 Å². The SMILES string of the molecule is CCOC(=O)c1c(CC)nn2ccc(Cl)cc12. The lowest BCUT2D eigenvalue weighted by molar-refractivity contribution is 0.0527. The molecule has 0 amide bonds. The zero-order chi connectivity index (χ0) is 12.4. The number of aryl methyl sites for hydroxylation is 1. The Kier molecular flexibility index (Phi) is 3.33. The minimum atomic E-state index is -0.346. The Hall–Kier alpha value is -1.55. The van der Waals surface area contributed by atoms with Crippen LogP contribution >= 0.6 is 11.6 Å². The van der Waals surface area contributed by atoms with Crippen LogP contribution in [0.5, 0.6) is 0 Å². The Bertz CT molecular complexity index is 563. The number of rotatable bonds is 3. The fourth-order valence-electron chi connectivity index (χ4n) is 1.74. The minimum absolute atomic E-state index is 0.346. The average Bonchev–Trinajstić information content (AvgIpc) is 2.66. The highest BCUT2D eigenvalue weighted by Crippen LogP contribution is 2.21. The third-order valence-electron chi connectivity index (χ3n) is 2.48. The normalized spacial score (nSPS) is 10.8. The number of halogens is 1. The number of ether oxygens (including phenoxy) is 1. The quantitative estimate of drug-likeness (QED) is 0.789. The first-order chi connectivity index (χ1) is 8.17. The molecule has 2 aromatic rings. The summed E-state index contributed by atoms with van der Waals surface area (Å²) in [7, 11) is 0. The molecule has 0 aromatic carbocycles. The van der Waals surface area contributed by atoms with Crippen molar-refractivity contribution in [3.63, 3.8) is 0 Å². The van der Waals surface area contributed by atoms with Crippen LogP contribution < -0.4 is 0 Å². The molecule has 0 unspecified atom stereocenters. The fourth-order valence-corrected chi connectivity index (χ4v) is 1.90. The van der Waals surface area contributed by atoms with Crippen LogP contribution in [0.15, 0.2) is 18.3 Å². The van der Waals surface area contributed by atoms with Gasteiger partial charge in [-0.3, -0.25) is 0 Å². The molecule has 2 aromatic heterocycles. The van der Waals surface area contributed by atoms with Crippen molar-refractivity contribution in [1.82, 2.24) is 9.61 Å². The summed E-state index contributed by atoms with van der Waals surface area (Å²) in [4.78, 5) is 11.9. The summed E-state index contributed by atoms with van der Waals surface area (Å²) in [6.07, 6.45) is 2.41. The van der Waals surface area contributed by atoms with Crippen LogP contribution in [0.25, 0.3) is 5.52 Å². The Morgan fingerprint density at radius 2 is 2.29 bits per heavy atom. The monoisotopic (exact) mass is 252 g/mol. The van der Waals surface area contributed by atoms with Gasteiger partial charge in [0, 0.05) is 11.2 Å². The predicted molar refractivity (Wildman–Crippen MR) is 65.5 cm³/mol. The molecule has 0 atom stereocenters. The maximum Gasteiger partial charge on any atom is 0.342 e. The first-order valence-electron chi connectivity index (χ1n) is 5.51. The van der Waals surface area contributed by atoms with E-state index in [1.54, 1.807) is 29.8 Å². The van der Waals surface area contributed by atoms with Gasteiger partial charge in [0.2, 0.25) is 0 Å². The van der Waals surface area contributed by atoms with Crippen LogP contribution in [0.4, 0.5) is 0 Å². The minimum Gasteiger partial charge on any atom is -0.462 e. The van der Waals surface area contributed by atoms with Crippen molar-refractivity contribution in [2.24, 2.45) is 0 Å². The highest BCUT2D eigenvalue weighted by atomic mass is 35.5. The van der Waals surface area contributed by atoms with Gasteiger partial charge in [-0.1, -0.05) is 18.5 Å². The van der Waals surface area contributed by atoms with Crippen molar-refractivity contribution in [3.8, 4) is 0 Å². The second-order valence-electron chi connectivity index (χ2n) is 3.57. The smallest absolute Gasteiger partial charge is 0.342 e. The first kappa shape index (κ1) is 11.9. The zero-order valence-electron chi connectivity index (χ0n) is 9.74. The summed E-state index contributed by atoms with van der Waals surface area (Å²) in [5, 5.41) is 4.91. The van der Waals surface area contributed by atoms with Gasteiger partial charge >= 0.3 is 5.97 Å². The molecule has 0 bridgehead atoms. The number of carbonyl (C=O) groups is 1. The summed E-state index contributed by atoms with van der Waals surface area (Å²) in [5.74, 6) is -0.346. The number of esters is 1. The number of fused-ring (bicyclic) bond motifs is 1. The van der Waals surface area contributed by atoms with Crippen molar-refractivity contribution in [1.29, 1.82) is 0 Å². The first-order valence-corrected chi connectivity index (χ1v) is 5.89. The summed E-state index contributed by atoms with van der Waals surface area (Å²) < 4.78 is 6.69. The van der Waals surface area contributed by atoms with E-state index in [0.717, 1.165) is 5.69 Å². The van der Waals surface area contributed by atoms with Gasteiger partial charge in [-0.2, -0.15) is 5.10 Å². The lowest BCUT2D eigenvalue weighted by atomic mass is 10.1. The molecule has 5 heteroatoms. The third kappa shape index (κ3) is 2.13. The van der Waals surface area contributed by atoms with Gasteiger partial charge in [-0.15, -0.1) is 0 Å². The molecule has 2 heterocycles. The lowest BCUT2D eigenvalue weighted by Gasteiger charge is -2.01. The van der Waals surface area contributed by atoms with Gasteiger partial charge in [0.15, 0.2) is 0 Å². The standard InChI is InChI=1S/C12H13ClN2O2/c1-3-9-11(12(16)17-4-2)10-7-8(13)5-6-15(10)14-9/h5-7H,3-4H2,1-2H3. The Labute approximate surface area is 104 Å². The van der Waals surface area contributed by atoms with Crippen LogP contribution in [0.1, 0.15) is 29.9 Å². The summed E-state index contributed by atoms with van der Waals surface area (Å²) in [6, 6.07) is 3.45. The van der Waals surface area contributed by atoms with E-state index in [9.17, 15) is 4.79 Å². The maximum absolute atomic E-state index is 11.9. The average molecular weight is 253 g/mol. The fraction of sp³-hybridized carbons (Fsp3) is 0.333. The van der Waals surface area contributed by atoms with Crippen LogP contribution in [-0.4, -0.2) is 22.2 Å². The highest BCUT2D eigenvalue weighted by Gasteiger charge is 2.19. The molecule has 0 saturated carbocycles. The summed E-state index contributed by atoms with van der Waals surface area (Å²) >= 11 is 5.93. The maximum atomic E-state index is 11.9. The largest absolute Gasteiger partial charge is 0.462 e. The Morgan fingerprint density at radius 1 is 1.53 bits per heavy atom. The second kappa shape index (κ2) is 4.75. The van der Waals surface area contributed by atoms with E-state index in [1.165, 1.54) is 0 Å². The molecule has 90 valence electrons. The number of pyridine rings is 1. The van der Waals surface area contributed by atoms with Crippen LogP contribution in [0.3, 0.4) is 0 Å². The third-order valence-corrected chi connectivity index (χ3v) is 2.72. The van der Waals surface area contributed by atoms with E-state index >= 15 is 0 Å². The molecule has 0 saturated heterocycles. The van der Waals surface area contributed by atoms with Crippen LogP contribution in [0.2, 0.25) is 5.02 Å². The van der Waals surface area contributed by atoms with Gasteiger partial charge in [-0.25, -0.2) is 9.31 Å². The molecule has 17 heavy (non-hydrogen) atoms. The van der Waals surface area contributed by atoms with Gasteiger partial charge < -0.3 is 4.74 Å². The lowest BCUT2D eigenvalue weighted by Crippen LogP contribution is -2.06. The molecule has 0 radical (unpaired) electrons. The van der Waals surface area contributed by atoms with Gasteiger partial charge in [0.25, 0.3) is 0 Å². The second-order valence-corrected chi connectivity index (χ2v) is 4.01. The van der Waals surface area contributed by atoms with Crippen molar-refractivity contribution in [3.05, 3.63) is 34.6 Å². The van der Waals surface area contributed by atoms with Gasteiger partial charge in [0.1, 0.15) is 5.56 Å². The Morgan fingerprint density at radius 3 is 2.94 bits per heavy atom. The van der Waals surface area contributed by atoms with Crippen molar-refractivity contribution in [2.45, 2.75) is 20.3 Å². The molecule has 0 aliphatic carbocycles. The van der Waals surface area contributed by atoms with Gasteiger partial charge in [0.05, 0.1) is 17.8 Å². The topological polar surface area (TPSA) is 43.6 Å². The number of hydrogen-bond donors (Lipinski definition) is 0. The Balaban J connectivity index is 2.64. The molecule has 0 aliphatic rings. The molecule has 2 rings (SSSR count). The zero-order valence-corrected chi connectivity index (χ0v) is 10.5. The number of nitrogens with zero attached hydrogens (tertiary/aromatic N) is 2. The van der Waals surface area contributed by atoms with Gasteiger partial charge in [-0.05, 0) is 25.5 Å². The summed E-state index contributed by atoms with van der Waals surface area (Å²) in [5.41, 5.74) is 1.93. The molecule has 4 nitrogen and oxygen atoms in total. The number of aromatic nitrogens is 2. The molecule has 0 spiro atoms. The van der Waals surface area contributed by atoms with E-state index in [4.69, 9.17) is 16.3 Å². The van der Waals surface area contributed by atoms with E-state index < -0.39 is 0 Å². The van der Waals surface area contributed by atoms with E-state index in [2.05, 4.69) is 5.10 Å². The van der Waals surface area contributed by atoms with E-state index in [-0.39, 0.29) is 5.97 Å².